The first-order valence-electron chi connectivity index (χ1n) is 10.7. The van der Waals surface area contributed by atoms with E-state index in [0.29, 0.717) is 30.2 Å². The highest BCUT2D eigenvalue weighted by molar-refractivity contribution is 5.95. The first-order valence-corrected chi connectivity index (χ1v) is 10.7. The van der Waals surface area contributed by atoms with Crippen LogP contribution < -0.4 is 9.64 Å². The minimum Gasteiger partial charge on any atom is -0.484 e. The maximum atomic E-state index is 13.2. The highest BCUT2D eigenvalue weighted by Crippen LogP contribution is 2.22. The third-order valence-corrected chi connectivity index (χ3v) is 5.14. The van der Waals surface area contributed by atoms with Crippen LogP contribution in [0.3, 0.4) is 0 Å². The predicted octanol–water partition coefficient (Wildman–Crippen LogP) is 5.02. The topological polar surface area (TPSA) is 68.7 Å². The molecule has 0 aliphatic heterocycles. The van der Waals surface area contributed by atoms with Crippen molar-refractivity contribution < 1.29 is 19.1 Å². The molecule has 166 valence electrons. The van der Waals surface area contributed by atoms with E-state index in [-0.39, 0.29) is 12.5 Å². The second-order valence-electron chi connectivity index (χ2n) is 7.41. The van der Waals surface area contributed by atoms with Gasteiger partial charge in [-0.05, 0) is 65.7 Å². The Balaban J connectivity index is 1.53. The zero-order valence-electron chi connectivity index (χ0n) is 18.3. The number of amides is 1. The fourth-order valence-corrected chi connectivity index (χ4v) is 3.47. The lowest BCUT2D eigenvalue weighted by Crippen LogP contribution is -2.34. The van der Waals surface area contributed by atoms with Crippen molar-refractivity contribution in [2.24, 2.45) is 0 Å². The van der Waals surface area contributed by atoms with E-state index in [1.165, 1.54) is 0 Å². The van der Waals surface area contributed by atoms with Crippen molar-refractivity contribution in [3.05, 3.63) is 102 Å². The van der Waals surface area contributed by atoms with E-state index in [2.05, 4.69) is 4.98 Å². The molecule has 6 heteroatoms. The van der Waals surface area contributed by atoms with E-state index in [4.69, 9.17) is 9.47 Å². The summed E-state index contributed by atoms with van der Waals surface area (Å²) in [6.45, 7) is 2.26. The van der Waals surface area contributed by atoms with Gasteiger partial charge < -0.3 is 14.4 Å². The van der Waals surface area contributed by atoms with Gasteiger partial charge in [-0.2, -0.15) is 0 Å². The normalized spacial score (nSPS) is 10.6. The first kappa shape index (κ1) is 22.0. The summed E-state index contributed by atoms with van der Waals surface area (Å²) in [5, 5.41) is 2.15. The van der Waals surface area contributed by atoms with Crippen LogP contribution >= 0.6 is 0 Å². The number of carbonyl (C=O) groups is 2. The fourth-order valence-electron chi connectivity index (χ4n) is 3.47. The Morgan fingerprint density at radius 3 is 2.42 bits per heavy atom. The van der Waals surface area contributed by atoms with Gasteiger partial charge in [0.05, 0.1) is 18.7 Å². The van der Waals surface area contributed by atoms with Gasteiger partial charge >= 0.3 is 5.97 Å². The number of esters is 1. The Morgan fingerprint density at radius 2 is 1.70 bits per heavy atom. The van der Waals surface area contributed by atoms with Crippen LogP contribution in [0.5, 0.6) is 5.75 Å². The van der Waals surface area contributed by atoms with Gasteiger partial charge in [-0.15, -0.1) is 0 Å². The largest absolute Gasteiger partial charge is 0.484 e. The minimum atomic E-state index is -0.395. The van der Waals surface area contributed by atoms with Gasteiger partial charge in [0.2, 0.25) is 0 Å². The molecule has 33 heavy (non-hydrogen) atoms. The number of hydrogen-bond donors (Lipinski definition) is 0. The summed E-state index contributed by atoms with van der Waals surface area (Å²) in [6.07, 6.45) is 3.41. The Hall–Kier alpha value is -4.19. The number of carbonyl (C=O) groups excluding carboxylic acids is 2. The van der Waals surface area contributed by atoms with Gasteiger partial charge in [0.1, 0.15) is 5.75 Å². The van der Waals surface area contributed by atoms with Gasteiger partial charge in [-0.1, -0.05) is 36.4 Å². The van der Waals surface area contributed by atoms with Gasteiger partial charge in [-0.25, -0.2) is 4.79 Å². The molecule has 0 unspecified atom stereocenters. The summed E-state index contributed by atoms with van der Waals surface area (Å²) in [5.41, 5.74) is 1.96. The lowest BCUT2D eigenvalue weighted by molar-refractivity contribution is -0.120. The number of rotatable bonds is 8. The van der Waals surface area contributed by atoms with Crippen LogP contribution in [-0.4, -0.2) is 30.1 Å². The standard InChI is InChI=1S/C27H24N2O4/c1-2-32-27(31)22-9-12-24(13-10-22)29(18-20-6-5-15-28-17-20)26(30)19-33-25-14-11-21-7-3-4-8-23(21)16-25/h3-17H,2,18-19H2,1H3. The lowest BCUT2D eigenvalue weighted by Gasteiger charge is -2.23. The maximum Gasteiger partial charge on any atom is 0.338 e. The smallest absolute Gasteiger partial charge is 0.338 e. The number of nitrogens with zero attached hydrogens (tertiary/aromatic N) is 2. The molecule has 4 rings (SSSR count). The van der Waals surface area contributed by atoms with Gasteiger partial charge in [-0.3, -0.25) is 9.78 Å². The van der Waals surface area contributed by atoms with Crippen molar-refractivity contribution in [2.45, 2.75) is 13.5 Å². The molecule has 6 nitrogen and oxygen atoms in total. The second-order valence-corrected chi connectivity index (χ2v) is 7.41. The Kier molecular flexibility index (Phi) is 6.95. The summed E-state index contributed by atoms with van der Waals surface area (Å²) in [6, 6.07) is 24.2. The third-order valence-electron chi connectivity index (χ3n) is 5.14. The second kappa shape index (κ2) is 10.4. The number of ether oxygens (including phenoxy) is 2. The van der Waals surface area contributed by atoms with Crippen molar-refractivity contribution in [2.75, 3.05) is 18.1 Å². The summed E-state index contributed by atoms with van der Waals surface area (Å²) in [5.74, 6) is 0.0192. The molecule has 0 N–H and O–H groups in total. The molecule has 1 amide bonds. The van der Waals surface area contributed by atoms with Crippen molar-refractivity contribution in [1.82, 2.24) is 4.98 Å². The lowest BCUT2D eigenvalue weighted by atomic mass is 10.1. The highest BCUT2D eigenvalue weighted by atomic mass is 16.5. The minimum absolute atomic E-state index is 0.127. The zero-order chi connectivity index (χ0) is 23.0. The summed E-state index contributed by atoms with van der Waals surface area (Å²) in [4.78, 5) is 30.9. The molecule has 0 aliphatic rings. The van der Waals surface area contributed by atoms with Crippen LogP contribution in [0.25, 0.3) is 10.8 Å². The molecule has 4 aromatic rings. The number of pyridine rings is 1. The van der Waals surface area contributed by atoms with Gasteiger partial charge in [0.15, 0.2) is 6.61 Å². The fraction of sp³-hybridized carbons (Fsp3) is 0.148. The van der Waals surface area contributed by atoms with Crippen LogP contribution in [0.4, 0.5) is 5.69 Å². The Morgan fingerprint density at radius 1 is 0.909 bits per heavy atom. The summed E-state index contributed by atoms with van der Waals surface area (Å²) in [7, 11) is 0. The quantitative estimate of drug-likeness (QED) is 0.360. The van der Waals surface area contributed by atoms with E-state index in [1.807, 2.05) is 54.6 Å². The number of fused-ring (bicyclic) bond motifs is 1. The molecule has 0 bridgehead atoms. The molecule has 0 radical (unpaired) electrons. The van der Waals surface area contributed by atoms with Crippen molar-refractivity contribution in [3.63, 3.8) is 0 Å². The molecule has 1 aromatic heterocycles. The predicted molar refractivity (Wildman–Crippen MR) is 127 cm³/mol. The molecule has 1 heterocycles. The average molecular weight is 440 g/mol. The summed E-state index contributed by atoms with van der Waals surface area (Å²) < 4.78 is 10.9. The van der Waals surface area contributed by atoms with Crippen LogP contribution in [0.2, 0.25) is 0 Å². The highest BCUT2D eigenvalue weighted by Gasteiger charge is 2.18. The van der Waals surface area contributed by atoms with Crippen LogP contribution in [0.1, 0.15) is 22.8 Å². The van der Waals surface area contributed by atoms with E-state index in [0.717, 1.165) is 16.3 Å². The van der Waals surface area contributed by atoms with Crippen molar-refractivity contribution in [3.8, 4) is 5.75 Å². The average Bonchev–Trinajstić information content (AvgIpc) is 2.86. The SMILES string of the molecule is CCOC(=O)c1ccc(N(Cc2cccnc2)C(=O)COc2ccc3ccccc3c2)cc1. The number of anilines is 1. The molecule has 0 spiro atoms. The molecular weight excluding hydrogens is 416 g/mol. The third kappa shape index (κ3) is 5.54. The number of hydrogen-bond acceptors (Lipinski definition) is 5. The van der Waals surface area contributed by atoms with Gasteiger partial charge in [0, 0.05) is 18.1 Å². The van der Waals surface area contributed by atoms with Crippen LogP contribution in [0.15, 0.2) is 91.3 Å². The monoisotopic (exact) mass is 440 g/mol. The Labute approximate surface area is 192 Å². The molecule has 3 aromatic carbocycles. The van der Waals surface area contributed by atoms with Gasteiger partial charge in [0.25, 0.3) is 5.91 Å². The first-order chi connectivity index (χ1) is 16.1. The van der Waals surface area contributed by atoms with E-state index in [9.17, 15) is 9.59 Å². The Bertz CT molecular complexity index is 1240. The molecule has 0 fully saturated rings. The van der Waals surface area contributed by atoms with E-state index >= 15 is 0 Å². The van der Waals surface area contributed by atoms with E-state index in [1.54, 1.807) is 48.5 Å². The number of benzene rings is 3. The molecule has 0 saturated carbocycles. The van der Waals surface area contributed by atoms with E-state index < -0.39 is 5.97 Å². The summed E-state index contributed by atoms with van der Waals surface area (Å²) >= 11 is 0. The molecular formula is C27H24N2O4. The molecule has 0 saturated heterocycles. The molecule has 0 aliphatic carbocycles. The zero-order valence-corrected chi connectivity index (χ0v) is 18.3. The molecule has 0 atom stereocenters. The maximum absolute atomic E-state index is 13.2. The van der Waals surface area contributed by atoms with Crippen LogP contribution in [-0.2, 0) is 16.1 Å². The number of aromatic nitrogens is 1. The van der Waals surface area contributed by atoms with Crippen molar-refractivity contribution >= 4 is 28.3 Å². The van der Waals surface area contributed by atoms with Crippen LogP contribution in [0, 0.1) is 0 Å². The van der Waals surface area contributed by atoms with Crippen molar-refractivity contribution in [1.29, 1.82) is 0 Å².